The van der Waals surface area contributed by atoms with Gasteiger partial charge < -0.3 is 10.2 Å². The molecule has 0 aromatic heterocycles. The average Bonchev–Trinajstić information content (AvgIpc) is 2.43. The van der Waals surface area contributed by atoms with Crippen molar-refractivity contribution >= 4 is 0 Å². The first kappa shape index (κ1) is 16.3. The standard InChI is InChI=1S/C19H30N2/c1-15-10-16(2)12-17(11-15)13-20-19(14-21(3)4)18-8-6-5-7-9-18/h5-10,15,17,19-20H,11-14H2,1-4H3. The molecule has 0 fully saturated rings. The van der Waals surface area contributed by atoms with Crippen LogP contribution in [0.25, 0.3) is 0 Å². The average molecular weight is 286 g/mol. The molecule has 0 saturated carbocycles. The second kappa shape index (κ2) is 7.77. The third-order valence-corrected chi connectivity index (χ3v) is 4.29. The van der Waals surface area contributed by atoms with Crippen LogP contribution in [-0.2, 0) is 0 Å². The van der Waals surface area contributed by atoms with E-state index in [2.05, 4.69) is 74.6 Å². The van der Waals surface area contributed by atoms with Crippen LogP contribution in [0.15, 0.2) is 42.0 Å². The van der Waals surface area contributed by atoms with E-state index in [1.54, 1.807) is 5.57 Å². The Morgan fingerprint density at radius 1 is 1.24 bits per heavy atom. The molecule has 21 heavy (non-hydrogen) atoms. The Kier molecular flexibility index (Phi) is 6.01. The molecule has 0 radical (unpaired) electrons. The quantitative estimate of drug-likeness (QED) is 0.799. The maximum Gasteiger partial charge on any atom is 0.0449 e. The molecule has 3 unspecified atom stereocenters. The summed E-state index contributed by atoms with van der Waals surface area (Å²) in [7, 11) is 4.29. The Bertz CT molecular complexity index is 450. The fraction of sp³-hybridized carbons (Fsp3) is 0.579. The number of nitrogens with one attached hydrogen (secondary N) is 1. The van der Waals surface area contributed by atoms with Crippen LogP contribution in [-0.4, -0.2) is 32.1 Å². The molecule has 1 aromatic rings. The lowest BCUT2D eigenvalue weighted by molar-refractivity contribution is 0.309. The van der Waals surface area contributed by atoms with Crippen molar-refractivity contribution in [1.82, 2.24) is 10.2 Å². The van der Waals surface area contributed by atoms with E-state index < -0.39 is 0 Å². The number of hydrogen-bond acceptors (Lipinski definition) is 2. The molecule has 1 N–H and O–H groups in total. The van der Waals surface area contributed by atoms with E-state index in [0.717, 1.165) is 24.9 Å². The van der Waals surface area contributed by atoms with Crippen molar-refractivity contribution in [3.05, 3.63) is 47.5 Å². The van der Waals surface area contributed by atoms with E-state index in [9.17, 15) is 0 Å². The molecular weight excluding hydrogens is 256 g/mol. The third kappa shape index (κ3) is 5.29. The Morgan fingerprint density at radius 3 is 2.57 bits per heavy atom. The first-order valence-corrected chi connectivity index (χ1v) is 8.15. The molecule has 2 rings (SSSR count). The topological polar surface area (TPSA) is 15.3 Å². The zero-order valence-electron chi connectivity index (χ0n) is 14.0. The van der Waals surface area contributed by atoms with Gasteiger partial charge in [-0.25, -0.2) is 0 Å². The van der Waals surface area contributed by atoms with Gasteiger partial charge in [0.1, 0.15) is 0 Å². The van der Waals surface area contributed by atoms with E-state index in [1.807, 2.05) is 0 Å². The van der Waals surface area contributed by atoms with Gasteiger partial charge in [-0.15, -0.1) is 0 Å². The van der Waals surface area contributed by atoms with Crippen LogP contribution in [0.4, 0.5) is 0 Å². The maximum atomic E-state index is 3.81. The predicted molar refractivity (Wildman–Crippen MR) is 91.4 cm³/mol. The first-order valence-electron chi connectivity index (χ1n) is 8.15. The van der Waals surface area contributed by atoms with E-state index in [1.165, 1.54) is 18.4 Å². The van der Waals surface area contributed by atoms with E-state index in [4.69, 9.17) is 0 Å². The van der Waals surface area contributed by atoms with Crippen molar-refractivity contribution in [2.45, 2.75) is 32.7 Å². The molecular formula is C19H30N2. The van der Waals surface area contributed by atoms with Gasteiger partial charge in [-0.1, -0.05) is 48.9 Å². The minimum absolute atomic E-state index is 0.419. The summed E-state index contributed by atoms with van der Waals surface area (Å²) >= 11 is 0. The van der Waals surface area contributed by atoms with Crippen molar-refractivity contribution in [3.63, 3.8) is 0 Å². The van der Waals surface area contributed by atoms with Gasteiger partial charge in [0, 0.05) is 12.6 Å². The summed E-state index contributed by atoms with van der Waals surface area (Å²) in [5.74, 6) is 1.51. The Hall–Kier alpha value is -1.12. The highest BCUT2D eigenvalue weighted by Gasteiger charge is 2.20. The minimum Gasteiger partial charge on any atom is -0.309 e. The highest BCUT2D eigenvalue weighted by Crippen LogP contribution is 2.28. The van der Waals surface area contributed by atoms with Gasteiger partial charge in [0.05, 0.1) is 0 Å². The summed E-state index contributed by atoms with van der Waals surface area (Å²) in [6, 6.07) is 11.2. The fourth-order valence-electron chi connectivity index (χ4n) is 3.49. The molecule has 0 aliphatic heterocycles. The van der Waals surface area contributed by atoms with Crippen molar-refractivity contribution in [3.8, 4) is 0 Å². The zero-order chi connectivity index (χ0) is 15.2. The number of rotatable bonds is 6. The van der Waals surface area contributed by atoms with Crippen molar-refractivity contribution < 1.29 is 0 Å². The second-order valence-corrected chi connectivity index (χ2v) is 6.93. The minimum atomic E-state index is 0.419. The van der Waals surface area contributed by atoms with Crippen LogP contribution in [0, 0.1) is 11.8 Å². The fourth-order valence-corrected chi connectivity index (χ4v) is 3.49. The molecule has 2 heteroatoms. The number of allylic oxidation sites excluding steroid dienone is 2. The van der Waals surface area contributed by atoms with Crippen LogP contribution in [0.2, 0.25) is 0 Å². The predicted octanol–water partition coefficient (Wildman–Crippen LogP) is 3.87. The van der Waals surface area contributed by atoms with Gasteiger partial charge >= 0.3 is 0 Å². The van der Waals surface area contributed by atoms with Gasteiger partial charge in [0.25, 0.3) is 0 Å². The van der Waals surface area contributed by atoms with Crippen LogP contribution in [0.5, 0.6) is 0 Å². The summed E-state index contributed by atoms with van der Waals surface area (Å²) in [4.78, 5) is 2.26. The van der Waals surface area contributed by atoms with Crippen LogP contribution < -0.4 is 5.32 Å². The van der Waals surface area contributed by atoms with E-state index in [0.29, 0.717) is 6.04 Å². The molecule has 0 spiro atoms. The van der Waals surface area contributed by atoms with Crippen molar-refractivity contribution in [2.24, 2.45) is 11.8 Å². The highest BCUT2D eigenvalue weighted by molar-refractivity contribution is 5.19. The zero-order valence-corrected chi connectivity index (χ0v) is 14.0. The summed E-state index contributed by atoms with van der Waals surface area (Å²) in [5, 5.41) is 3.81. The number of likely N-dealkylation sites (N-methyl/N-ethyl adjacent to an activating group) is 1. The largest absolute Gasteiger partial charge is 0.309 e. The van der Waals surface area contributed by atoms with Gasteiger partial charge in [0.2, 0.25) is 0 Å². The molecule has 0 amide bonds. The maximum absolute atomic E-state index is 3.81. The Balaban J connectivity index is 1.95. The molecule has 1 aliphatic rings. The SMILES string of the molecule is CC1=CC(C)CC(CNC(CN(C)C)c2ccccc2)C1. The molecule has 0 bridgehead atoms. The van der Waals surface area contributed by atoms with Crippen LogP contribution in [0.1, 0.15) is 38.3 Å². The van der Waals surface area contributed by atoms with Crippen LogP contribution in [0.3, 0.4) is 0 Å². The number of nitrogens with zero attached hydrogens (tertiary/aromatic N) is 1. The number of benzene rings is 1. The lowest BCUT2D eigenvalue weighted by atomic mass is 9.83. The second-order valence-electron chi connectivity index (χ2n) is 6.93. The Morgan fingerprint density at radius 2 is 1.95 bits per heavy atom. The summed E-state index contributed by atoms with van der Waals surface area (Å²) in [5.41, 5.74) is 2.95. The molecule has 1 aromatic carbocycles. The molecule has 3 atom stereocenters. The highest BCUT2D eigenvalue weighted by atomic mass is 15.1. The number of hydrogen-bond donors (Lipinski definition) is 1. The molecule has 116 valence electrons. The third-order valence-electron chi connectivity index (χ3n) is 4.29. The van der Waals surface area contributed by atoms with Crippen molar-refractivity contribution in [2.75, 3.05) is 27.2 Å². The summed E-state index contributed by atoms with van der Waals surface area (Å²) < 4.78 is 0. The molecule has 2 nitrogen and oxygen atoms in total. The monoisotopic (exact) mass is 286 g/mol. The lowest BCUT2D eigenvalue weighted by Gasteiger charge is -2.29. The van der Waals surface area contributed by atoms with Gasteiger partial charge in [-0.2, -0.15) is 0 Å². The van der Waals surface area contributed by atoms with E-state index in [-0.39, 0.29) is 0 Å². The van der Waals surface area contributed by atoms with Gasteiger partial charge in [0.15, 0.2) is 0 Å². The summed E-state index contributed by atoms with van der Waals surface area (Å²) in [6.45, 7) is 6.77. The van der Waals surface area contributed by atoms with E-state index >= 15 is 0 Å². The molecule has 1 aliphatic carbocycles. The smallest absolute Gasteiger partial charge is 0.0449 e. The molecule has 0 heterocycles. The van der Waals surface area contributed by atoms with Gasteiger partial charge in [-0.05, 0) is 57.8 Å². The van der Waals surface area contributed by atoms with Crippen LogP contribution >= 0.6 is 0 Å². The normalized spacial score (nSPS) is 24.0. The van der Waals surface area contributed by atoms with Gasteiger partial charge in [-0.3, -0.25) is 0 Å². The lowest BCUT2D eigenvalue weighted by Crippen LogP contribution is -2.35. The Labute approximate surface area is 130 Å². The summed E-state index contributed by atoms with van der Waals surface area (Å²) in [6.07, 6.45) is 5.00. The first-order chi connectivity index (χ1) is 10.0. The molecule has 0 saturated heterocycles. The van der Waals surface area contributed by atoms with Crippen molar-refractivity contribution in [1.29, 1.82) is 0 Å².